The molecule has 0 aromatic carbocycles. The van der Waals surface area contributed by atoms with Crippen LogP contribution in [0.1, 0.15) is 47.4 Å². The summed E-state index contributed by atoms with van der Waals surface area (Å²) in [5.41, 5.74) is 2.58. The molecule has 0 atom stereocenters. The number of hydrogen-bond acceptors (Lipinski definition) is 7. The normalized spacial score (nSPS) is 14.9. The van der Waals surface area contributed by atoms with Gasteiger partial charge in [0.05, 0.1) is 5.54 Å². The molecule has 1 aromatic rings. The highest BCUT2D eigenvalue weighted by atomic mass is 16.5. The first-order valence-corrected chi connectivity index (χ1v) is 6.24. The van der Waals surface area contributed by atoms with Gasteiger partial charge in [0.2, 0.25) is 0 Å². The average Bonchev–Trinajstić information content (AvgIpc) is 2.85. The van der Waals surface area contributed by atoms with Crippen LogP contribution in [0, 0.1) is 0 Å². The van der Waals surface area contributed by atoms with E-state index in [1.807, 2.05) is 25.8 Å². The lowest BCUT2D eigenvalue weighted by Gasteiger charge is -2.30. The Bertz CT molecular complexity index is 543. The molecule has 1 aliphatic heterocycles. The zero-order valence-electron chi connectivity index (χ0n) is 12.8. The van der Waals surface area contributed by atoms with E-state index in [0.717, 1.165) is 0 Å². The minimum atomic E-state index is -0.495. The first-order valence-electron chi connectivity index (χ1n) is 6.24. The highest BCUT2D eigenvalue weighted by molar-refractivity contribution is 4.97. The van der Waals surface area contributed by atoms with Gasteiger partial charge in [-0.25, -0.2) is 9.80 Å². The van der Waals surface area contributed by atoms with Crippen LogP contribution in [-0.4, -0.2) is 20.7 Å². The van der Waals surface area contributed by atoms with Gasteiger partial charge in [-0.05, 0) is 20.8 Å². The van der Waals surface area contributed by atoms with Crippen molar-refractivity contribution in [2.24, 2.45) is 10.3 Å². The molecule has 1 aliphatic rings. The summed E-state index contributed by atoms with van der Waals surface area (Å²) in [4.78, 5) is 12.9. The zero-order valence-corrected chi connectivity index (χ0v) is 12.8. The molecule has 1 aromatic heterocycles. The van der Waals surface area contributed by atoms with Crippen LogP contribution in [0.3, 0.4) is 0 Å². The fourth-order valence-corrected chi connectivity index (χ4v) is 1.32. The molecule has 20 heavy (non-hydrogen) atoms. The molecule has 0 saturated heterocycles. The Morgan fingerprint density at radius 1 is 1.20 bits per heavy atom. The van der Waals surface area contributed by atoms with Gasteiger partial charge < -0.3 is 0 Å². The van der Waals surface area contributed by atoms with Gasteiger partial charge in [0.1, 0.15) is 0 Å². The van der Waals surface area contributed by atoms with E-state index in [4.69, 9.17) is 0 Å². The molecule has 0 amide bonds. The molecule has 0 aliphatic carbocycles. The van der Waals surface area contributed by atoms with Crippen molar-refractivity contribution < 1.29 is 4.52 Å². The van der Waals surface area contributed by atoms with Gasteiger partial charge in [0.15, 0.2) is 11.6 Å². The monoisotopic (exact) mass is 282 g/mol. The Morgan fingerprint density at radius 2 is 1.80 bits per heavy atom. The molecule has 2 N–H and O–H groups in total. The SMILES string of the molecule is C=C1N=NNN1C(C)(C)C.CC(C)(C)c1noc(=O)[nH]1. The molecule has 0 bridgehead atoms. The highest BCUT2D eigenvalue weighted by Gasteiger charge is 2.25. The van der Waals surface area contributed by atoms with E-state index in [1.54, 1.807) is 0 Å². The second-order valence-electron chi connectivity index (χ2n) is 6.42. The molecule has 2 rings (SSSR count). The third-order valence-electron chi connectivity index (χ3n) is 2.39. The molecule has 0 fully saturated rings. The number of nitrogens with zero attached hydrogens (tertiary/aromatic N) is 4. The predicted octanol–water partition coefficient (Wildman–Crippen LogP) is 2.10. The zero-order chi connectivity index (χ0) is 15.6. The van der Waals surface area contributed by atoms with Crippen molar-refractivity contribution in [3.63, 3.8) is 0 Å². The van der Waals surface area contributed by atoms with Gasteiger partial charge in [-0.15, -0.1) is 5.11 Å². The summed E-state index contributed by atoms with van der Waals surface area (Å²) < 4.78 is 4.33. The van der Waals surface area contributed by atoms with E-state index >= 15 is 0 Å². The van der Waals surface area contributed by atoms with Crippen molar-refractivity contribution in [3.8, 4) is 0 Å². The van der Waals surface area contributed by atoms with Crippen molar-refractivity contribution in [2.75, 3.05) is 0 Å². The van der Waals surface area contributed by atoms with Gasteiger partial charge in [0.25, 0.3) is 0 Å². The predicted molar refractivity (Wildman–Crippen MR) is 74.5 cm³/mol. The summed E-state index contributed by atoms with van der Waals surface area (Å²) in [5, 5.41) is 12.7. The Morgan fingerprint density at radius 3 is 2.00 bits per heavy atom. The Balaban J connectivity index is 0.000000200. The topological polar surface area (TPSA) is 98.9 Å². The smallest absolute Gasteiger partial charge is 0.296 e. The summed E-state index contributed by atoms with van der Waals surface area (Å²) in [6.07, 6.45) is 0. The van der Waals surface area contributed by atoms with E-state index in [9.17, 15) is 4.79 Å². The molecule has 0 radical (unpaired) electrons. The number of hydrogen-bond donors (Lipinski definition) is 2. The molecule has 8 nitrogen and oxygen atoms in total. The summed E-state index contributed by atoms with van der Waals surface area (Å²) in [6.45, 7) is 15.7. The lowest BCUT2D eigenvalue weighted by atomic mass is 9.96. The van der Waals surface area contributed by atoms with Crippen molar-refractivity contribution in [3.05, 3.63) is 28.8 Å². The van der Waals surface area contributed by atoms with Crippen LogP contribution in [0.15, 0.2) is 32.1 Å². The number of nitrogens with one attached hydrogen (secondary N) is 2. The molecular formula is C12H22N6O2. The third-order valence-corrected chi connectivity index (χ3v) is 2.39. The molecular weight excluding hydrogens is 260 g/mol. The van der Waals surface area contributed by atoms with Crippen molar-refractivity contribution >= 4 is 0 Å². The van der Waals surface area contributed by atoms with Crippen LogP contribution in [0.5, 0.6) is 0 Å². The van der Waals surface area contributed by atoms with E-state index in [0.29, 0.717) is 11.6 Å². The fourth-order valence-electron chi connectivity index (χ4n) is 1.32. The molecule has 0 spiro atoms. The summed E-state index contributed by atoms with van der Waals surface area (Å²) >= 11 is 0. The number of aromatic nitrogens is 2. The summed E-state index contributed by atoms with van der Waals surface area (Å²) in [7, 11) is 0. The summed E-state index contributed by atoms with van der Waals surface area (Å²) in [5.74, 6) is 0.745. The van der Waals surface area contributed by atoms with Crippen LogP contribution in [0.25, 0.3) is 0 Å². The number of aromatic amines is 1. The van der Waals surface area contributed by atoms with Crippen LogP contribution in [0.4, 0.5) is 0 Å². The van der Waals surface area contributed by atoms with Crippen molar-refractivity contribution in [2.45, 2.75) is 52.5 Å². The van der Waals surface area contributed by atoms with E-state index in [2.05, 4.69) is 57.9 Å². The Hall–Kier alpha value is -2.12. The second-order valence-corrected chi connectivity index (χ2v) is 6.42. The maximum Gasteiger partial charge on any atom is 0.438 e. The first kappa shape index (κ1) is 15.9. The van der Waals surface area contributed by atoms with Gasteiger partial charge in [-0.3, -0.25) is 9.51 Å². The van der Waals surface area contributed by atoms with Crippen LogP contribution >= 0.6 is 0 Å². The van der Waals surface area contributed by atoms with E-state index < -0.39 is 5.76 Å². The minimum Gasteiger partial charge on any atom is -0.296 e. The van der Waals surface area contributed by atoms with Gasteiger partial charge >= 0.3 is 5.76 Å². The fraction of sp³-hybridized carbons (Fsp3) is 0.667. The standard InChI is InChI=1S/C6H12N4.C6H10N2O2/c1-5-7-8-9-10(5)6(2,3)4;1-6(2,3)4-7-5(9)10-8-4/h1H2,2-4H3,(H,7,9);1-3H3,(H,7,8,9). The maximum absolute atomic E-state index is 10.5. The quantitative estimate of drug-likeness (QED) is 0.759. The molecule has 2 heterocycles. The van der Waals surface area contributed by atoms with Gasteiger partial charge in [0, 0.05) is 5.41 Å². The second kappa shape index (κ2) is 5.48. The molecule has 112 valence electrons. The average molecular weight is 282 g/mol. The van der Waals surface area contributed by atoms with Gasteiger partial charge in [-0.2, -0.15) is 5.53 Å². The van der Waals surface area contributed by atoms with E-state index in [1.165, 1.54) is 0 Å². The lowest BCUT2D eigenvalue weighted by molar-refractivity contribution is 0.140. The maximum atomic E-state index is 10.5. The van der Waals surface area contributed by atoms with Crippen LogP contribution in [0.2, 0.25) is 0 Å². The number of rotatable bonds is 0. The molecule has 0 saturated carbocycles. The largest absolute Gasteiger partial charge is 0.438 e. The van der Waals surface area contributed by atoms with Crippen LogP contribution < -0.4 is 11.3 Å². The highest BCUT2D eigenvalue weighted by Crippen LogP contribution is 2.19. The van der Waals surface area contributed by atoms with Crippen molar-refractivity contribution in [1.29, 1.82) is 0 Å². The molecule has 8 heteroatoms. The minimum absolute atomic E-state index is 0.0133. The van der Waals surface area contributed by atoms with Crippen LogP contribution in [-0.2, 0) is 5.41 Å². The lowest BCUT2D eigenvalue weighted by Crippen LogP contribution is -2.44. The van der Waals surface area contributed by atoms with Crippen molar-refractivity contribution in [1.82, 2.24) is 20.7 Å². The Labute approximate surface area is 117 Å². The first-order chi connectivity index (χ1) is 9.01. The van der Waals surface area contributed by atoms with Gasteiger partial charge in [-0.1, -0.05) is 37.7 Å². The third kappa shape index (κ3) is 4.22. The van der Waals surface area contributed by atoms with E-state index in [-0.39, 0.29) is 11.0 Å². The number of H-pyrrole nitrogens is 1. The number of hydrazine groups is 1. The summed E-state index contributed by atoms with van der Waals surface area (Å²) in [6, 6.07) is 0. The Kier molecular flexibility index (Phi) is 4.36. The molecule has 0 unspecified atom stereocenters.